The van der Waals surface area contributed by atoms with Gasteiger partial charge in [-0.2, -0.15) is 0 Å². The fourth-order valence-corrected chi connectivity index (χ4v) is 2.71. The van der Waals surface area contributed by atoms with Crippen LogP contribution in [0.2, 0.25) is 0 Å². The maximum atomic E-state index is 3.66. The van der Waals surface area contributed by atoms with Gasteiger partial charge in [-0.3, -0.25) is 4.90 Å². The molecule has 0 amide bonds. The minimum Gasteiger partial charge on any atom is -0.313 e. The molecule has 0 radical (unpaired) electrons. The van der Waals surface area contributed by atoms with Crippen molar-refractivity contribution in [2.75, 3.05) is 19.6 Å². The Labute approximate surface area is 108 Å². The Hall–Kier alpha value is -0.0800. The molecule has 1 aliphatic heterocycles. The van der Waals surface area contributed by atoms with Gasteiger partial charge in [-0.15, -0.1) is 0 Å². The van der Waals surface area contributed by atoms with Crippen LogP contribution < -0.4 is 5.32 Å². The van der Waals surface area contributed by atoms with Gasteiger partial charge in [0.2, 0.25) is 0 Å². The Morgan fingerprint density at radius 1 is 1.18 bits per heavy atom. The summed E-state index contributed by atoms with van der Waals surface area (Å²) in [5, 5.41) is 3.66. The molecule has 0 aromatic rings. The highest BCUT2D eigenvalue weighted by atomic mass is 15.2. The van der Waals surface area contributed by atoms with Gasteiger partial charge in [-0.1, -0.05) is 13.8 Å². The van der Waals surface area contributed by atoms with Crippen molar-refractivity contribution in [1.82, 2.24) is 10.2 Å². The van der Waals surface area contributed by atoms with E-state index in [1.165, 1.54) is 38.8 Å². The first-order chi connectivity index (χ1) is 7.92. The summed E-state index contributed by atoms with van der Waals surface area (Å²) in [5.74, 6) is 0.830. The smallest absolute Gasteiger partial charge is 0.0154 e. The maximum absolute atomic E-state index is 3.66. The Balaban J connectivity index is 2.11. The molecule has 1 rings (SSSR count). The van der Waals surface area contributed by atoms with Crippen LogP contribution in [0.25, 0.3) is 0 Å². The molecule has 0 spiro atoms. The molecule has 1 heterocycles. The standard InChI is InChI=1S/C15H32N2/c1-13(2)7-8-14(3)16-10-12-17-11-6-9-15(17,4)5/h13-14,16H,6-12H2,1-5H3. The van der Waals surface area contributed by atoms with Crippen molar-refractivity contribution in [3.8, 4) is 0 Å². The molecule has 1 aliphatic rings. The number of nitrogens with one attached hydrogen (secondary N) is 1. The van der Waals surface area contributed by atoms with Crippen LogP contribution in [-0.4, -0.2) is 36.1 Å². The van der Waals surface area contributed by atoms with Gasteiger partial charge in [-0.25, -0.2) is 0 Å². The van der Waals surface area contributed by atoms with Crippen molar-refractivity contribution in [3.05, 3.63) is 0 Å². The molecule has 1 fully saturated rings. The van der Waals surface area contributed by atoms with Crippen molar-refractivity contribution < 1.29 is 0 Å². The van der Waals surface area contributed by atoms with Gasteiger partial charge in [0.1, 0.15) is 0 Å². The first kappa shape index (κ1) is 15.0. The molecule has 0 aromatic heterocycles. The molecule has 1 unspecified atom stereocenters. The lowest BCUT2D eigenvalue weighted by atomic mass is 10.0. The van der Waals surface area contributed by atoms with Gasteiger partial charge in [0.05, 0.1) is 0 Å². The Morgan fingerprint density at radius 3 is 2.41 bits per heavy atom. The molecule has 1 saturated heterocycles. The molecule has 2 nitrogen and oxygen atoms in total. The van der Waals surface area contributed by atoms with Gasteiger partial charge < -0.3 is 5.32 Å². The SMILES string of the molecule is CC(C)CCC(C)NCCN1CCCC1(C)C. The van der Waals surface area contributed by atoms with Crippen LogP contribution in [0.5, 0.6) is 0 Å². The van der Waals surface area contributed by atoms with Crippen molar-refractivity contribution >= 4 is 0 Å². The topological polar surface area (TPSA) is 15.3 Å². The van der Waals surface area contributed by atoms with Crippen LogP contribution in [0.4, 0.5) is 0 Å². The Kier molecular flexibility index (Phi) is 5.94. The minimum absolute atomic E-state index is 0.433. The van der Waals surface area contributed by atoms with Crippen LogP contribution in [0.1, 0.15) is 60.3 Å². The highest BCUT2D eigenvalue weighted by Gasteiger charge is 2.30. The largest absolute Gasteiger partial charge is 0.313 e. The van der Waals surface area contributed by atoms with E-state index < -0.39 is 0 Å². The first-order valence-electron chi connectivity index (χ1n) is 7.40. The van der Waals surface area contributed by atoms with Crippen molar-refractivity contribution in [2.45, 2.75) is 71.9 Å². The molecule has 0 bridgehead atoms. The van der Waals surface area contributed by atoms with Crippen LogP contribution >= 0.6 is 0 Å². The minimum atomic E-state index is 0.433. The van der Waals surface area contributed by atoms with E-state index in [1.807, 2.05) is 0 Å². The van der Waals surface area contributed by atoms with Gasteiger partial charge >= 0.3 is 0 Å². The van der Waals surface area contributed by atoms with Crippen molar-refractivity contribution in [2.24, 2.45) is 5.92 Å². The zero-order valence-corrected chi connectivity index (χ0v) is 12.6. The van der Waals surface area contributed by atoms with E-state index in [9.17, 15) is 0 Å². The second-order valence-electron chi connectivity index (χ2n) is 6.73. The summed E-state index contributed by atoms with van der Waals surface area (Å²) in [6.45, 7) is 15.3. The molecule has 2 heteroatoms. The maximum Gasteiger partial charge on any atom is 0.0154 e. The molecule has 0 saturated carbocycles. The van der Waals surface area contributed by atoms with E-state index in [4.69, 9.17) is 0 Å². The van der Waals surface area contributed by atoms with E-state index >= 15 is 0 Å². The van der Waals surface area contributed by atoms with Crippen LogP contribution in [0.15, 0.2) is 0 Å². The summed E-state index contributed by atoms with van der Waals surface area (Å²) >= 11 is 0. The molecular weight excluding hydrogens is 208 g/mol. The normalized spacial score (nSPS) is 22.2. The van der Waals surface area contributed by atoms with E-state index in [-0.39, 0.29) is 0 Å². The lowest BCUT2D eigenvalue weighted by molar-refractivity contribution is 0.174. The van der Waals surface area contributed by atoms with Gasteiger partial charge in [0.15, 0.2) is 0 Å². The van der Waals surface area contributed by atoms with E-state index in [2.05, 4.69) is 44.8 Å². The number of hydrogen-bond acceptors (Lipinski definition) is 2. The molecule has 0 aliphatic carbocycles. The number of hydrogen-bond donors (Lipinski definition) is 1. The quantitative estimate of drug-likeness (QED) is 0.735. The van der Waals surface area contributed by atoms with Crippen LogP contribution in [0.3, 0.4) is 0 Å². The number of rotatable bonds is 7. The van der Waals surface area contributed by atoms with Crippen molar-refractivity contribution in [1.29, 1.82) is 0 Å². The lowest BCUT2D eigenvalue weighted by Crippen LogP contribution is -2.43. The monoisotopic (exact) mass is 240 g/mol. The number of likely N-dealkylation sites (tertiary alicyclic amines) is 1. The second-order valence-corrected chi connectivity index (χ2v) is 6.73. The summed E-state index contributed by atoms with van der Waals surface area (Å²) < 4.78 is 0. The van der Waals surface area contributed by atoms with Crippen molar-refractivity contribution in [3.63, 3.8) is 0 Å². The van der Waals surface area contributed by atoms with Gasteiger partial charge in [0, 0.05) is 24.7 Å². The van der Waals surface area contributed by atoms with Gasteiger partial charge in [-0.05, 0) is 58.9 Å². The molecule has 0 aromatic carbocycles. The van der Waals surface area contributed by atoms with Crippen LogP contribution in [-0.2, 0) is 0 Å². The fraction of sp³-hybridized carbons (Fsp3) is 1.00. The fourth-order valence-electron chi connectivity index (χ4n) is 2.71. The molecule has 102 valence electrons. The summed E-state index contributed by atoms with van der Waals surface area (Å²) in [5.41, 5.74) is 0.433. The van der Waals surface area contributed by atoms with E-state index in [0.717, 1.165) is 12.5 Å². The summed E-state index contributed by atoms with van der Waals surface area (Å²) in [6, 6.07) is 0.670. The zero-order valence-electron chi connectivity index (χ0n) is 12.6. The molecule has 1 atom stereocenters. The predicted octanol–water partition coefficient (Wildman–Crippen LogP) is 3.28. The third-order valence-electron chi connectivity index (χ3n) is 4.12. The Bertz CT molecular complexity index is 211. The van der Waals surface area contributed by atoms with Crippen LogP contribution in [0, 0.1) is 5.92 Å². The second kappa shape index (κ2) is 6.75. The average molecular weight is 240 g/mol. The first-order valence-corrected chi connectivity index (χ1v) is 7.40. The molecular formula is C15H32N2. The number of nitrogens with zero attached hydrogens (tertiary/aromatic N) is 1. The summed E-state index contributed by atoms with van der Waals surface area (Å²) in [4.78, 5) is 2.63. The average Bonchev–Trinajstić information content (AvgIpc) is 2.55. The highest BCUT2D eigenvalue weighted by Crippen LogP contribution is 2.27. The van der Waals surface area contributed by atoms with Gasteiger partial charge in [0.25, 0.3) is 0 Å². The molecule has 17 heavy (non-hydrogen) atoms. The Morgan fingerprint density at radius 2 is 1.88 bits per heavy atom. The third-order valence-corrected chi connectivity index (χ3v) is 4.12. The van der Waals surface area contributed by atoms with E-state index in [0.29, 0.717) is 11.6 Å². The summed E-state index contributed by atoms with van der Waals surface area (Å²) in [7, 11) is 0. The van der Waals surface area contributed by atoms with E-state index in [1.54, 1.807) is 0 Å². The summed E-state index contributed by atoms with van der Waals surface area (Å²) in [6.07, 6.45) is 5.37. The zero-order chi connectivity index (χ0) is 12.9. The lowest BCUT2D eigenvalue weighted by Gasteiger charge is -2.32. The predicted molar refractivity (Wildman–Crippen MR) is 76.4 cm³/mol. The highest BCUT2D eigenvalue weighted by molar-refractivity contribution is 4.87. The molecule has 1 N–H and O–H groups in total. The third kappa shape index (κ3) is 5.39.